The average Bonchev–Trinajstić information content (AvgIpc) is 3.51. The van der Waals surface area contributed by atoms with Crippen molar-refractivity contribution >= 4 is 39.9 Å². The van der Waals surface area contributed by atoms with Crippen molar-refractivity contribution in [2.45, 2.75) is 18.6 Å². The monoisotopic (exact) mass is 488 g/mol. The summed E-state index contributed by atoms with van der Waals surface area (Å²) in [5.41, 5.74) is 7.56. The fraction of sp³-hybridized carbons (Fsp3) is 0.208. The summed E-state index contributed by atoms with van der Waals surface area (Å²) >= 11 is 6.45. The quantitative estimate of drug-likeness (QED) is 0.410. The Hall–Kier alpha value is -4.02. The molecule has 2 aromatic carbocycles. The van der Waals surface area contributed by atoms with E-state index in [1.165, 1.54) is 0 Å². The van der Waals surface area contributed by atoms with E-state index in [9.17, 15) is 4.79 Å². The van der Waals surface area contributed by atoms with Gasteiger partial charge in [-0.1, -0.05) is 35.9 Å². The lowest BCUT2D eigenvalue weighted by molar-refractivity contribution is 0.118. The SMILES string of the molecule is CO[C@H]1C[C@@H](c2nc3cccc(Cl)c3c(=O)n2-c2ccccc2)N(c2nc(N)nn3ccnc23)C1. The predicted octanol–water partition coefficient (Wildman–Crippen LogP) is 3.03. The van der Waals surface area contributed by atoms with E-state index in [1.807, 2.05) is 35.2 Å². The fourth-order valence-electron chi connectivity index (χ4n) is 4.73. The Kier molecular flexibility index (Phi) is 5.12. The van der Waals surface area contributed by atoms with Crippen molar-refractivity contribution < 1.29 is 4.74 Å². The molecule has 0 bridgehead atoms. The molecule has 10 nitrogen and oxygen atoms in total. The van der Waals surface area contributed by atoms with Crippen LogP contribution in [0.15, 0.2) is 65.7 Å². The highest BCUT2D eigenvalue weighted by atomic mass is 35.5. The molecule has 35 heavy (non-hydrogen) atoms. The van der Waals surface area contributed by atoms with E-state index in [0.717, 1.165) is 0 Å². The second kappa shape index (κ2) is 8.33. The third-order valence-electron chi connectivity index (χ3n) is 6.31. The molecular formula is C24H21ClN8O2. The summed E-state index contributed by atoms with van der Waals surface area (Å²) in [5, 5.41) is 4.94. The molecule has 0 saturated carbocycles. The minimum Gasteiger partial charge on any atom is -0.380 e. The highest BCUT2D eigenvalue weighted by Crippen LogP contribution is 2.38. The van der Waals surface area contributed by atoms with Crippen LogP contribution in [0.5, 0.6) is 0 Å². The lowest BCUT2D eigenvalue weighted by atomic mass is 10.1. The number of ether oxygens (including phenoxy) is 1. The summed E-state index contributed by atoms with van der Waals surface area (Å²) in [4.78, 5) is 29.8. The van der Waals surface area contributed by atoms with Crippen molar-refractivity contribution in [1.82, 2.24) is 29.1 Å². The number of fused-ring (bicyclic) bond motifs is 2. The topological polar surface area (TPSA) is 116 Å². The zero-order valence-electron chi connectivity index (χ0n) is 18.7. The first kappa shape index (κ1) is 21.5. The summed E-state index contributed by atoms with van der Waals surface area (Å²) < 4.78 is 8.95. The van der Waals surface area contributed by atoms with Gasteiger partial charge in [-0.2, -0.15) is 4.98 Å². The van der Waals surface area contributed by atoms with Crippen LogP contribution in [0.3, 0.4) is 0 Å². The molecule has 5 aromatic rings. The summed E-state index contributed by atoms with van der Waals surface area (Å²) in [6, 6.07) is 14.3. The number of nitrogen functional groups attached to an aromatic ring is 1. The van der Waals surface area contributed by atoms with Crippen LogP contribution in [0, 0.1) is 0 Å². The zero-order chi connectivity index (χ0) is 24.1. The van der Waals surface area contributed by atoms with E-state index in [0.29, 0.717) is 51.9 Å². The summed E-state index contributed by atoms with van der Waals surface area (Å²) in [5.74, 6) is 1.22. The van der Waals surface area contributed by atoms with Crippen LogP contribution in [-0.4, -0.2) is 48.9 Å². The fourth-order valence-corrected chi connectivity index (χ4v) is 4.98. The largest absolute Gasteiger partial charge is 0.380 e. The standard InChI is InChI=1S/C24H21ClN8O2/c1-35-15-12-18(31(13-15)22-21-27-10-11-32(21)30-24(26)29-22)20-28-17-9-5-8-16(25)19(17)23(34)33(20)14-6-3-2-4-7-14/h2-11,15,18H,12-13H2,1H3,(H2,26,30)/t15-,18-/m0/s1. The van der Waals surface area contributed by atoms with Crippen molar-refractivity contribution in [3.05, 3.63) is 82.1 Å². The number of nitrogens with two attached hydrogens (primary N) is 1. The maximum Gasteiger partial charge on any atom is 0.267 e. The van der Waals surface area contributed by atoms with Crippen molar-refractivity contribution in [2.24, 2.45) is 0 Å². The number of aromatic nitrogens is 6. The van der Waals surface area contributed by atoms with Crippen LogP contribution in [0.25, 0.3) is 22.2 Å². The molecule has 3 aromatic heterocycles. The molecule has 1 fully saturated rings. The van der Waals surface area contributed by atoms with Gasteiger partial charge in [-0.05, 0) is 24.3 Å². The first-order chi connectivity index (χ1) is 17.0. The number of para-hydroxylation sites is 1. The molecule has 11 heteroatoms. The minimum absolute atomic E-state index is 0.115. The molecule has 2 N–H and O–H groups in total. The Morgan fingerprint density at radius 3 is 2.74 bits per heavy atom. The van der Waals surface area contributed by atoms with E-state index in [1.54, 1.807) is 46.8 Å². The second-order valence-electron chi connectivity index (χ2n) is 8.33. The Balaban J connectivity index is 1.63. The normalized spacial score (nSPS) is 18.1. The van der Waals surface area contributed by atoms with Gasteiger partial charge in [0, 0.05) is 32.5 Å². The van der Waals surface area contributed by atoms with Crippen LogP contribution in [-0.2, 0) is 4.74 Å². The lowest BCUT2D eigenvalue weighted by Crippen LogP contribution is -2.32. The van der Waals surface area contributed by atoms with Crippen LogP contribution < -0.4 is 16.2 Å². The van der Waals surface area contributed by atoms with Gasteiger partial charge in [0.25, 0.3) is 5.56 Å². The van der Waals surface area contributed by atoms with Gasteiger partial charge in [-0.15, -0.1) is 5.10 Å². The van der Waals surface area contributed by atoms with E-state index in [4.69, 9.17) is 27.1 Å². The molecule has 176 valence electrons. The van der Waals surface area contributed by atoms with E-state index in [2.05, 4.69) is 15.1 Å². The molecule has 1 aliphatic heterocycles. The van der Waals surface area contributed by atoms with Crippen LogP contribution in [0.4, 0.5) is 11.8 Å². The van der Waals surface area contributed by atoms with E-state index >= 15 is 0 Å². The van der Waals surface area contributed by atoms with Gasteiger partial charge in [-0.3, -0.25) is 9.36 Å². The van der Waals surface area contributed by atoms with E-state index < -0.39 is 0 Å². The molecule has 0 aliphatic carbocycles. The van der Waals surface area contributed by atoms with Crippen molar-refractivity contribution in [1.29, 1.82) is 0 Å². The number of methoxy groups -OCH3 is 1. The van der Waals surface area contributed by atoms with Gasteiger partial charge in [0.15, 0.2) is 11.5 Å². The van der Waals surface area contributed by atoms with Crippen LogP contribution in [0.2, 0.25) is 5.02 Å². The second-order valence-corrected chi connectivity index (χ2v) is 8.74. The third kappa shape index (κ3) is 3.49. The Morgan fingerprint density at radius 2 is 1.94 bits per heavy atom. The van der Waals surface area contributed by atoms with Crippen molar-refractivity contribution in [2.75, 3.05) is 24.3 Å². The van der Waals surface area contributed by atoms with Gasteiger partial charge in [0.2, 0.25) is 5.95 Å². The summed E-state index contributed by atoms with van der Waals surface area (Å²) in [6.07, 6.45) is 3.81. The number of benzene rings is 2. The number of halogens is 1. The molecule has 2 atom stereocenters. The van der Waals surface area contributed by atoms with Gasteiger partial charge in [0.1, 0.15) is 5.82 Å². The molecule has 6 rings (SSSR count). The average molecular weight is 489 g/mol. The number of rotatable bonds is 4. The molecule has 0 radical (unpaired) electrons. The van der Waals surface area contributed by atoms with Crippen molar-refractivity contribution in [3.63, 3.8) is 0 Å². The highest BCUT2D eigenvalue weighted by molar-refractivity contribution is 6.35. The lowest BCUT2D eigenvalue weighted by Gasteiger charge is -2.27. The molecular weight excluding hydrogens is 468 g/mol. The highest BCUT2D eigenvalue weighted by Gasteiger charge is 2.39. The number of hydrogen-bond donors (Lipinski definition) is 1. The number of hydrogen-bond acceptors (Lipinski definition) is 8. The molecule has 1 aliphatic rings. The zero-order valence-corrected chi connectivity index (χ0v) is 19.5. The molecule has 0 unspecified atom stereocenters. The Labute approximate surface area is 204 Å². The number of anilines is 2. The Morgan fingerprint density at radius 1 is 1.11 bits per heavy atom. The van der Waals surface area contributed by atoms with Gasteiger partial charge < -0.3 is 15.4 Å². The van der Waals surface area contributed by atoms with Crippen LogP contribution in [0.1, 0.15) is 18.3 Å². The first-order valence-corrected chi connectivity index (χ1v) is 11.5. The first-order valence-electron chi connectivity index (χ1n) is 11.1. The Bertz CT molecular complexity index is 1620. The summed E-state index contributed by atoms with van der Waals surface area (Å²) in [7, 11) is 1.67. The minimum atomic E-state index is -0.356. The van der Waals surface area contributed by atoms with Gasteiger partial charge >= 0.3 is 0 Å². The molecule has 4 heterocycles. The third-order valence-corrected chi connectivity index (χ3v) is 6.62. The van der Waals surface area contributed by atoms with Crippen LogP contribution >= 0.6 is 11.6 Å². The summed E-state index contributed by atoms with van der Waals surface area (Å²) in [6.45, 7) is 0.512. The molecule has 0 amide bonds. The molecule has 1 saturated heterocycles. The molecule has 0 spiro atoms. The maximum atomic E-state index is 13.9. The number of imidazole rings is 1. The van der Waals surface area contributed by atoms with Gasteiger partial charge in [0.05, 0.1) is 33.8 Å². The van der Waals surface area contributed by atoms with E-state index in [-0.39, 0.29) is 23.7 Å². The maximum absolute atomic E-state index is 13.9. The smallest absolute Gasteiger partial charge is 0.267 e. The number of nitrogens with zero attached hydrogens (tertiary/aromatic N) is 7. The predicted molar refractivity (Wildman–Crippen MR) is 133 cm³/mol. The van der Waals surface area contributed by atoms with Gasteiger partial charge in [-0.25, -0.2) is 14.5 Å². The van der Waals surface area contributed by atoms with Crippen molar-refractivity contribution in [3.8, 4) is 5.69 Å².